The molecule has 0 radical (unpaired) electrons. The summed E-state index contributed by atoms with van der Waals surface area (Å²) in [5.74, 6) is 0. The second kappa shape index (κ2) is 6.83. The number of hydrogen-bond donors (Lipinski definition) is 1. The van der Waals surface area contributed by atoms with Gasteiger partial charge in [-0.25, -0.2) is 21.6 Å². The lowest BCUT2D eigenvalue weighted by atomic mass is 10.0. The average Bonchev–Trinajstić information content (AvgIpc) is 2.60. The van der Waals surface area contributed by atoms with E-state index in [4.69, 9.17) is 0 Å². The van der Waals surface area contributed by atoms with Gasteiger partial charge < -0.3 is 0 Å². The van der Waals surface area contributed by atoms with Crippen molar-refractivity contribution in [2.75, 3.05) is 6.26 Å². The van der Waals surface area contributed by atoms with Crippen LogP contribution in [0.4, 0.5) is 0 Å². The van der Waals surface area contributed by atoms with Gasteiger partial charge in [0.05, 0.1) is 9.79 Å². The number of nitrogens with one attached hydrogen (secondary N) is 1. The first kappa shape index (κ1) is 18.6. The maximum absolute atomic E-state index is 12.7. The predicted molar refractivity (Wildman–Crippen MR) is 102 cm³/mol. The van der Waals surface area contributed by atoms with E-state index in [-0.39, 0.29) is 9.79 Å². The third kappa shape index (κ3) is 3.80. The third-order valence-electron chi connectivity index (χ3n) is 4.18. The van der Waals surface area contributed by atoms with Crippen LogP contribution in [-0.2, 0) is 19.9 Å². The monoisotopic (exact) mass is 389 g/mol. The molecule has 3 rings (SSSR count). The molecule has 1 N–H and O–H groups in total. The van der Waals surface area contributed by atoms with Crippen molar-refractivity contribution in [2.45, 2.75) is 22.8 Å². The molecule has 0 fully saturated rings. The Kier molecular flexibility index (Phi) is 4.88. The van der Waals surface area contributed by atoms with Gasteiger partial charge in [-0.15, -0.1) is 0 Å². The molecule has 3 aromatic carbocycles. The van der Waals surface area contributed by atoms with Gasteiger partial charge in [-0.1, -0.05) is 42.5 Å². The molecule has 0 heterocycles. The number of sulfonamides is 1. The lowest BCUT2D eigenvalue weighted by Crippen LogP contribution is -2.27. The second-order valence-corrected chi connectivity index (χ2v) is 9.88. The molecule has 0 bridgehead atoms. The highest BCUT2D eigenvalue weighted by Gasteiger charge is 2.20. The van der Waals surface area contributed by atoms with Gasteiger partial charge in [0.1, 0.15) is 0 Å². The molecule has 26 heavy (non-hydrogen) atoms. The third-order valence-corrected chi connectivity index (χ3v) is 6.87. The maximum atomic E-state index is 12.7. The molecule has 0 aromatic heterocycles. The van der Waals surface area contributed by atoms with Crippen LogP contribution in [0.2, 0.25) is 0 Å². The van der Waals surface area contributed by atoms with Gasteiger partial charge in [0.25, 0.3) is 0 Å². The minimum atomic E-state index is -3.78. The SMILES string of the molecule is CC(NS(=O)(=O)c1ccc(S(C)(=O)=O)cc1)c1cccc2ccccc12. The zero-order valence-corrected chi connectivity index (χ0v) is 16.0. The Labute approximate surface area is 153 Å². The van der Waals surface area contributed by atoms with E-state index < -0.39 is 25.9 Å². The smallest absolute Gasteiger partial charge is 0.224 e. The summed E-state index contributed by atoms with van der Waals surface area (Å²) in [4.78, 5) is 0.107. The van der Waals surface area contributed by atoms with Crippen LogP contribution < -0.4 is 4.72 Å². The topological polar surface area (TPSA) is 80.3 Å². The Morgan fingerprint density at radius 3 is 2.00 bits per heavy atom. The second-order valence-electron chi connectivity index (χ2n) is 6.15. The van der Waals surface area contributed by atoms with E-state index in [2.05, 4.69) is 4.72 Å². The van der Waals surface area contributed by atoms with E-state index in [0.29, 0.717) is 0 Å². The quantitative estimate of drug-likeness (QED) is 0.726. The van der Waals surface area contributed by atoms with Crippen molar-refractivity contribution >= 4 is 30.6 Å². The number of benzene rings is 3. The number of hydrogen-bond acceptors (Lipinski definition) is 4. The van der Waals surface area contributed by atoms with E-state index in [9.17, 15) is 16.8 Å². The highest BCUT2D eigenvalue weighted by molar-refractivity contribution is 7.90. The van der Waals surface area contributed by atoms with Crippen molar-refractivity contribution in [2.24, 2.45) is 0 Å². The van der Waals surface area contributed by atoms with E-state index >= 15 is 0 Å². The molecule has 136 valence electrons. The first-order chi connectivity index (χ1) is 12.2. The van der Waals surface area contributed by atoms with E-state index in [1.54, 1.807) is 6.92 Å². The van der Waals surface area contributed by atoms with Crippen LogP contribution in [0.5, 0.6) is 0 Å². The summed E-state index contributed by atoms with van der Waals surface area (Å²) in [5.41, 5.74) is 0.874. The molecular weight excluding hydrogens is 370 g/mol. The molecule has 1 unspecified atom stereocenters. The minimum Gasteiger partial charge on any atom is -0.224 e. The van der Waals surface area contributed by atoms with Crippen LogP contribution in [0.25, 0.3) is 10.8 Å². The molecule has 0 saturated heterocycles. The highest BCUT2D eigenvalue weighted by Crippen LogP contribution is 2.25. The number of rotatable bonds is 5. The lowest BCUT2D eigenvalue weighted by Gasteiger charge is -2.17. The molecule has 0 aliphatic rings. The van der Waals surface area contributed by atoms with Crippen molar-refractivity contribution in [1.82, 2.24) is 4.72 Å². The van der Waals surface area contributed by atoms with Crippen molar-refractivity contribution in [3.63, 3.8) is 0 Å². The molecule has 0 saturated carbocycles. The van der Waals surface area contributed by atoms with E-state index in [0.717, 1.165) is 22.6 Å². The van der Waals surface area contributed by atoms with Crippen molar-refractivity contribution < 1.29 is 16.8 Å². The maximum Gasteiger partial charge on any atom is 0.241 e. The number of fused-ring (bicyclic) bond motifs is 1. The molecule has 1 atom stereocenters. The van der Waals surface area contributed by atoms with Crippen LogP contribution in [0.1, 0.15) is 18.5 Å². The van der Waals surface area contributed by atoms with Crippen molar-refractivity contribution in [3.8, 4) is 0 Å². The molecule has 0 amide bonds. The standard InChI is InChI=1S/C19H19NO4S2/c1-14(18-9-5-7-15-6-3-4-8-19(15)18)20-26(23,24)17-12-10-16(11-13-17)25(2,21)22/h3-14,20H,1-2H3. The fourth-order valence-electron chi connectivity index (χ4n) is 2.86. The van der Waals surface area contributed by atoms with Crippen LogP contribution in [-0.4, -0.2) is 23.1 Å². The van der Waals surface area contributed by atoms with Crippen molar-refractivity contribution in [3.05, 3.63) is 72.3 Å². The molecule has 7 heteroatoms. The summed E-state index contributed by atoms with van der Waals surface area (Å²) in [5, 5.41) is 2.02. The van der Waals surface area contributed by atoms with Gasteiger partial charge in [0.2, 0.25) is 10.0 Å². The Bertz CT molecular complexity index is 1150. The van der Waals surface area contributed by atoms with Crippen LogP contribution >= 0.6 is 0 Å². The van der Waals surface area contributed by atoms with Gasteiger partial charge in [-0.3, -0.25) is 0 Å². The summed E-state index contributed by atoms with van der Waals surface area (Å²) < 4.78 is 51.0. The zero-order valence-electron chi connectivity index (χ0n) is 14.4. The summed E-state index contributed by atoms with van der Waals surface area (Å²) >= 11 is 0. The summed E-state index contributed by atoms with van der Waals surface area (Å²) in [6, 6.07) is 18.3. The highest BCUT2D eigenvalue weighted by atomic mass is 32.2. The molecular formula is C19H19NO4S2. The van der Waals surface area contributed by atoms with Crippen LogP contribution in [0, 0.1) is 0 Å². The Hall–Kier alpha value is -2.22. The Balaban J connectivity index is 1.91. The molecule has 0 aliphatic carbocycles. The normalized spacial score (nSPS) is 13.6. The van der Waals surface area contributed by atoms with Gasteiger partial charge in [0, 0.05) is 12.3 Å². The summed E-state index contributed by atoms with van der Waals surface area (Å²) in [7, 11) is -7.15. The molecule has 3 aromatic rings. The van der Waals surface area contributed by atoms with Gasteiger partial charge in [-0.2, -0.15) is 0 Å². The Morgan fingerprint density at radius 2 is 1.35 bits per heavy atom. The van der Waals surface area contributed by atoms with Gasteiger partial charge in [-0.05, 0) is 47.5 Å². The average molecular weight is 389 g/mol. The molecule has 0 spiro atoms. The molecule has 5 nitrogen and oxygen atoms in total. The van der Waals surface area contributed by atoms with Crippen molar-refractivity contribution in [1.29, 1.82) is 0 Å². The van der Waals surface area contributed by atoms with E-state index in [1.165, 1.54) is 24.3 Å². The van der Waals surface area contributed by atoms with Gasteiger partial charge in [0.15, 0.2) is 9.84 Å². The summed E-state index contributed by atoms with van der Waals surface area (Å²) in [6.07, 6.45) is 1.08. The van der Waals surface area contributed by atoms with Crippen LogP contribution in [0.15, 0.2) is 76.5 Å². The first-order valence-electron chi connectivity index (χ1n) is 7.98. The largest absolute Gasteiger partial charge is 0.241 e. The fourth-order valence-corrected chi connectivity index (χ4v) is 4.71. The minimum absolute atomic E-state index is 0.0250. The Morgan fingerprint density at radius 1 is 0.769 bits per heavy atom. The van der Waals surface area contributed by atoms with Gasteiger partial charge >= 0.3 is 0 Å². The lowest BCUT2D eigenvalue weighted by molar-refractivity contribution is 0.567. The number of sulfone groups is 1. The fraction of sp³-hybridized carbons (Fsp3) is 0.158. The van der Waals surface area contributed by atoms with Crippen LogP contribution in [0.3, 0.4) is 0 Å². The van der Waals surface area contributed by atoms with E-state index in [1.807, 2.05) is 42.5 Å². The predicted octanol–water partition coefficient (Wildman–Crippen LogP) is 3.28. The molecule has 0 aliphatic heterocycles. The zero-order chi connectivity index (χ0) is 18.9. The summed E-state index contributed by atoms with van der Waals surface area (Å²) in [6.45, 7) is 1.78. The first-order valence-corrected chi connectivity index (χ1v) is 11.4.